The molecule has 1 aromatic rings. The van der Waals surface area contributed by atoms with E-state index < -0.39 is 0 Å². The number of hydrogen-bond acceptors (Lipinski definition) is 4. The van der Waals surface area contributed by atoms with E-state index in [4.69, 9.17) is 9.72 Å². The van der Waals surface area contributed by atoms with Gasteiger partial charge in [0.25, 0.3) is 0 Å². The van der Waals surface area contributed by atoms with E-state index in [2.05, 4.69) is 39.9 Å². The van der Waals surface area contributed by atoms with E-state index in [9.17, 15) is 0 Å². The first kappa shape index (κ1) is 16.9. The van der Waals surface area contributed by atoms with Crippen LogP contribution in [0.5, 0.6) is 0 Å². The average Bonchev–Trinajstić information content (AvgIpc) is 3.23. The first-order chi connectivity index (χ1) is 10.1. The molecule has 0 bridgehead atoms. The van der Waals surface area contributed by atoms with Crippen molar-refractivity contribution in [2.75, 3.05) is 6.61 Å². The highest BCUT2D eigenvalue weighted by Gasteiger charge is 2.36. The van der Waals surface area contributed by atoms with Gasteiger partial charge < -0.3 is 10.1 Å². The molecule has 1 N–H and O–H groups in total. The summed E-state index contributed by atoms with van der Waals surface area (Å²) in [6, 6.07) is 0.511. The van der Waals surface area contributed by atoms with Crippen LogP contribution in [-0.4, -0.2) is 17.6 Å². The summed E-state index contributed by atoms with van der Waals surface area (Å²) in [6.07, 6.45) is 4.59. The topological polar surface area (TPSA) is 34.1 Å². The highest BCUT2D eigenvalue weighted by Crippen LogP contribution is 2.45. The lowest BCUT2D eigenvalue weighted by atomic mass is 9.98. The van der Waals surface area contributed by atoms with Crippen LogP contribution < -0.4 is 5.32 Å². The standard InChI is InChI=1S/C17H30N2OS/c1-6-17(7-2,20-8-3)16-19-15(13-9-10-13)14(21-16)11-18-12(4)5/h12-13,18H,6-11H2,1-5H3. The highest BCUT2D eigenvalue weighted by atomic mass is 32.1. The second-order valence-electron chi connectivity index (χ2n) is 6.27. The van der Waals surface area contributed by atoms with Crippen molar-refractivity contribution in [3.8, 4) is 0 Å². The van der Waals surface area contributed by atoms with Crippen LogP contribution in [0, 0.1) is 0 Å². The number of ether oxygens (including phenoxy) is 1. The zero-order chi connectivity index (χ0) is 15.5. The second kappa shape index (κ2) is 7.21. The SMILES string of the molecule is CCOC(CC)(CC)c1nc(C2CC2)c(CNC(C)C)s1. The Morgan fingerprint density at radius 3 is 2.43 bits per heavy atom. The molecule has 0 saturated heterocycles. The number of rotatable bonds is 9. The molecular formula is C17H30N2OS. The third-order valence-electron chi connectivity index (χ3n) is 4.32. The predicted molar refractivity (Wildman–Crippen MR) is 90.0 cm³/mol. The molecule has 0 aromatic carbocycles. The molecule has 1 aromatic heterocycles. The molecule has 0 unspecified atom stereocenters. The molecule has 0 amide bonds. The van der Waals surface area contributed by atoms with Crippen molar-refractivity contribution >= 4 is 11.3 Å². The molecule has 3 nitrogen and oxygen atoms in total. The van der Waals surface area contributed by atoms with Crippen LogP contribution in [-0.2, 0) is 16.9 Å². The van der Waals surface area contributed by atoms with E-state index in [1.54, 1.807) is 0 Å². The van der Waals surface area contributed by atoms with Crippen LogP contribution in [0.25, 0.3) is 0 Å². The summed E-state index contributed by atoms with van der Waals surface area (Å²) in [5.41, 5.74) is 1.16. The number of nitrogens with one attached hydrogen (secondary N) is 1. The maximum absolute atomic E-state index is 6.14. The number of aromatic nitrogens is 1. The zero-order valence-electron chi connectivity index (χ0n) is 14.2. The summed E-state index contributed by atoms with van der Waals surface area (Å²) < 4.78 is 6.14. The van der Waals surface area contributed by atoms with Gasteiger partial charge in [-0.1, -0.05) is 27.7 Å². The molecular weight excluding hydrogens is 280 g/mol. The quantitative estimate of drug-likeness (QED) is 0.725. The molecule has 1 aliphatic rings. The van der Waals surface area contributed by atoms with Gasteiger partial charge in [-0.15, -0.1) is 11.3 Å². The normalized spacial score (nSPS) is 15.9. The Morgan fingerprint density at radius 1 is 1.29 bits per heavy atom. The van der Waals surface area contributed by atoms with Crippen molar-refractivity contribution < 1.29 is 4.74 Å². The van der Waals surface area contributed by atoms with Gasteiger partial charge in [-0.2, -0.15) is 0 Å². The van der Waals surface area contributed by atoms with Gasteiger partial charge in [0.15, 0.2) is 0 Å². The van der Waals surface area contributed by atoms with Crippen molar-refractivity contribution in [2.24, 2.45) is 0 Å². The summed E-state index contributed by atoms with van der Waals surface area (Å²) in [7, 11) is 0. The molecule has 0 radical (unpaired) electrons. The Morgan fingerprint density at radius 2 is 1.95 bits per heavy atom. The van der Waals surface area contributed by atoms with E-state index in [1.807, 2.05) is 11.3 Å². The van der Waals surface area contributed by atoms with E-state index in [1.165, 1.54) is 28.4 Å². The Kier molecular flexibility index (Phi) is 5.81. The smallest absolute Gasteiger partial charge is 0.125 e. The molecule has 1 saturated carbocycles. The summed E-state index contributed by atoms with van der Waals surface area (Å²) in [5.74, 6) is 0.701. The average molecular weight is 311 g/mol. The second-order valence-corrected chi connectivity index (χ2v) is 7.36. The minimum atomic E-state index is -0.181. The third-order valence-corrected chi connectivity index (χ3v) is 5.57. The fourth-order valence-corrected chi connectivity index (χ4v) is 4.14. The van der Waals surface area contributed by atoms with Crippen LogP contribution in [0.4, 0.5) is 0 Å². The highest BCUT2D eigenvalue weighted by molar-refractivity contribution is 7.11. The summed E-state index contributed by atoms with van der Waals surface area (Å²) in [6.45, 7) is 12.6. The lowest BCUT2D eigenvalue weighted by Crippen LogP contribution is -2.28. The van der Waals surface area contributed by atoms with Crippen LogP contribution in [0.1, 0.15) is 81.8 Å². The largest absolute Gasteiger partial charge is 0.368 e. The van der Waals surface area contributed by atoms with Gasteiger partial charge in [-0.05, 0) is 32.6 Å². The number of hydrogen-bond donors (Lipinski definition) is 1. The molecule has 120 valence electrons. The summed E-state index contributed by atoms with van der Waals surface area (Å²) in [5, 5.41) is 4.74. The molecule has 0 atom stereocenters. The molecule has 2 rings (SSSR count). The molecule has 4 heteroatoms. The fraction of sp³-hybridized carbons (Fsp3) is 0.824. The predicted octanol–water partition coefficient (Wildman–Crippen LogP) is 4.57. The summed E-state index contributed by atoms with van der Waals surface area (Å²) in [4.78, 5) is 6.46. The van der Waals surface area contributed by atoms with E-state index >= 15 is 0 Å². The lowest BCUT2D eigenvalue weighted by molar-refractivity contribution is -0.0507. The Hall–Kier alpha value is -0.450. The van der Waals surface area contributed by atoms with Crippen LogP contribution in [0.3, 0.4) is 0 Å². The van der Waals surface area contributed by atoms with Gasteiger partial charge >= 0.3 is 0 Å². The molecule has 0 aliphatic heterocycles. The summed E-state index contributed by atoms with van der Waals surface area (Å²) >= 11 is 1.87. The van der Waals surface area contributed by atoms with Gasteiger partial charge in [-0.3, -0.25) is 0 Å². The van der Waals surface area contributed by atoms with Crippen LogP contribution in [0.15, 0.2) is 0 Å². The van der Waals surface area contributed by atoms with Gasteiger partial charge in [-0.25, -0.2) is 4.98 Å². The number of thiazole rings is 1. The van der Waals surface area contributed by atoms with Crippen molar-refractivity contribution in [3.63, 3.8) is 0 Å². The Balaban J connectivity index is 2.28. The van der Waals surface area contributed by atoms with Crippen molar-refractivity contribution in [3.05, 3.63) is 15.6 Å². The zero-order valence-corrected chi connectivity index (χ0v) is 15.0. The Labute approximate surface area is 133 Å². The molecule has 1 heterocycles. The molecule has 0 spiro atoms. The van der Waals surface area contributed by atoms with Crippen molar-refractivity contribution in [1.82, 2.24) is 10.3 Å². The van der Waals surface area contributed by atoms with Crippen LogP contribution >= 0.6 is 11.3 Å². The maximum atomic E-state index is 6.14. The van der Waals surface area contributed by atoms with E-state index in [0.29, 0.717) is 12.0 Å². The molecule has 21 heavy (non-hydrogen) atoms. The first-order valence-electron chi connectivity index (χ1n) is 8.43. The fourth-order valence-electron chi connectivity index (χ4n) is 2.75. The van der Waals surface area contributed by atoms with Gasteiger partial charge in [0.1, 0.15) is 10.6 Å². The molecule has 1 aliphatic carbocycles. The van der Waals surface area contributed by atoms with Crippen LogP contribution in [0.2, 0.25) is 0 Å². The van der Waals surface area contributed by atoms with E-state index in [0.717, 1.165) is 26.0 Å². The lowest BCUT2D eigenvalue weighted by Gasteiger charge is -2.29. The molecule has 1 fully saturated rings. The number of nitrogens with zero attached hydrogens (tertiary/aromatic N) is 1. The minimum Gasteiger partial charge on any atom is -0.368 e. The van der Waals surface area contributed by atoms with E-state index in [-0.39, 0.29) is 5.60 Å². The first-order valence-corrected chi connectivity index (χ1v) is 9.25. The minimum absolute atomic E-state index is 0.181. The van der Waals surface area contributed by atoms with Crippen molar-refractivity contribution in [1.29, 1.82) is 0 Å². The maximum Gasteiger partial charge on any atom is 0.125 e. The van der Waals surface area contributed by atoms with Gasteiger partial charge in [0.2, 0.25) is 0 Å². The van der Waals surface area contributed by atoms with Gasteiger partial charge in [0.05, 0.1) is 5.69 Å². The monoisotopic (exact) mass is 310 g/mol. The Bertz CT molecular complexity index is 448. The third kappa shape index (κ3) is 3.85. The van der Waals surface area contributed by atoms with Crippen molar-refractivity contribution in [2.45, 2.75) is 84.4 Å². The van der Waals surface area contributed by atoms with Gasteiger partial charge in [0, 0.05) is 30.0 Å².